The summed E-state index contributed by atoms with van der Waals surface area (Å²) in [5.74, 6) is -0.983. The van der Waals surface area contributed by atoms with Crippen LogP contribution in [0, 0.1) is 0 Å². The van der Waals surface area contributed by atoms with Gasteiger partial charge >= 0.3 is 5.97 Å². The topological polar surface area (TPSA) is 53.4 Å². The van der Waals surface area contributed by atoms with E-state index < -0.39 is 5.97 Å². The number of aromatic nitrogens is 1. The molecule has 1 aromatic heterocycles. The maximum Gasteiger partial charge on any atom is 0.339 e. The van der Waals surface area contributed by atoms with Crippen LogP contribution in [0.3, 0.4) is 0 Å². The van der Waals surface area contributed by atoms with Crippen LogP contribution >= 0.6 is 11.6 Å². The summed E-state index contributed by atoms with van der Waals surface area (Å²) in [5.41, 5.74) is 1.89. The van der Waals surface area contributed by atoms with Crippen LogP contribution < -0.4 is 4.90 Å². The van der Waals surface area contributed by atoms with Gasteiger partial charge in [-0.25, -0.2) is 4.79 Å². The molecular formula is C15H15ClN2O2. The molecular weight excluding hydrogens is 276 g/mol. The lowest BCUT2D eigenvalue weighted by Gasteiger charge is -2.28. The van der Waals surface area contributed by atoms with Crippen molar-refractivity contribution in [2.24, 2.45) is 0 Å². The van der Waals surface area contributed by atoms with Crippen molar-refractivity contribution >= 4 is 23.3 Å². The standard InChI is InChI=1S/C15H15ClN2O2/c1-10(11-3-5-12(16)6-4-11)18(2)14-7-8-17-9-13(14)15(19)20/h3-10H,1-2H3,(H,19,20). The molecule has 1 heterocycles. The maximum atomic E-state index is 11.2. The Balaban J connectivity index is 2.33. The summed E-state index contributed by atoms with van der Waals surface area (Å²) < 4.78 is 0. The summed E-state index contributed by atoms with van der Waals surface area (Å²) in [6.07, 6.45) is 2.95. The van der Waals surface area contributed by atoms with E-state index >= 15 is 0 Å². The minimum absolute atomic E-state index is 0.0211. The Kier molecular flexibility index (Phi) is 4.25. The average molecular weight is 291 g/mol. The molecule has 0 fully saturated rings. The highest BCUT2D eigenvalue weighted by Crippen LogP contribution is 2.28. The first kappa shape index (κ1) is 14.3. The van der Waals surface area contributed by atoms with Gasteiger partial charge in [-0.15, -0.1) is 0 Å². The molecule has 0 bridgehead atoms. The molecule has 0 saturated carbocycles. The van der Waals surface area contributed by atoms with Crippen LogP contribution in [0.25, 0.3) is 0 Å². The fourth-order valence-electron chi connectivity index (χ4n) is 2.03. The fourth-order valence-corrected chi connectivity index (χ4v) is 2.16. The second kappa shape index (κ2) is 5.92. The van der Waals surface area contributed by atoms with Gasteiger partial charge in [0.05, 0.1) is 11.7 Å². The molecule has 1 aromatic carbocycles. The quantitative estimate of drug-likeness (QED) is 0.934. The molecule has 5 heteroatoms. The van der Waals surface area contributed by atoms with Crippen LogP contribution in [0.4, 0.5) is 5.69 Å². The third kappa shape index (κ3) is 2.91. The van der Waals surface area contributed by atoms with E-state index in [9.17, 15) is 9.90 Å². The first-order valence-electron chi connectivity index (χ1n) is 6.16. The Morgan fingerprint density at radius 2 is 1.95 bits per heavy atom. The third-order valence-electron chi connectivity index (χ3n) is 3.34. The second-order valence-corrected chi connectivity index (χ2v) is 4.97. The number of anilines is 1. The van der Waals surface area contributed by atoms with Crippen molar-refractivity contribution in [1.82, 2.24) is 4.98 Å². The molecule has 0 spiro atoms. The SMILES string of the molecule is CC(c1ccc(Cl)cc1)N(C)c1ccncc1C(=O)O. The van der Waals surface area contributed by atoms with Crippen molar-refractivity contribution in [1.29, 1.82) is 0 Å². The summed E-state index contributed by atoms with van der Waals surface area (Å²) >= 11 is 5.88. The number of halogens is 1. The van der Waals surface area contributed by atoms with E-state index in [1.807, 2.05) is 43.1 Å². The maximum absolute atomic E-state index is 11.2. The molecule has 20 heavy (non-hydrogen) atoms. The average Bonchev–Trinajstić information content (AvgIpc) is 2.46. The molecule has 2 rings (SSSR count). The van der Waals surface area contributed by atoms with Crippen molar-refractivity contribution in [2.75, 3.05) is 11.9 Å². The molecule has 4 nitrogen and oxygen atoms in total. The molecule has 104 valence electrons. The van der Waals surface area contributed by atoms with Gasteiger partial charge in [-0.2, -0.15) is 0 Å². The Bertz CT molecular complexity index is 614. The summed E-state index contributed by atoms with van der Waals surface area (Å²) in [6, 6.07) is 9.25. The molecule has 0 amide bonds. The minimum atomic E-state index is -0.983. The zero-order valence-electron chi connectivity index (χ0n) is 11.2. The van der Waals surface area contributed by atoms with Gasteiger partial charge in [0.2, 0.25) is 0 Å². The lowest BCUT2D eigenvalue weighted by Crippen LogP contribution is -2.23. The number of carbonyl (C=O) groups is 1. The van der Waals surface area contributed by atoms with Crippen molar-refractivity contribution < 1.29 is 9.90 Å². The van der Waals surface area contributed by atoms with E-state index in [1.54, 1.807) is 12.3 Å². The monoisotopic (exact) mass is 290 g/mol. The van der Waals surface area contributed by atoms with Crippen molar-refractivity contribution in [3.05, 3.63) is 58.9 Å². The first-order chi connectivity index (χ1) is 9.50. The highest BCUT2D eigenvalue weighted by atomic mass is 35.5. The molecule has 0 aliphatic carbocycles. The van der Waals surface area contributed by atoms with E-state index in [4.69, 9.17) is 11.6 Å². The molecule has 0 aliphatic heterocycles. The number of carboxylic acids is 1. The van der Waals surface area contributed by atoms with Gasteiger partial charge in [0.15, 0.2) is 0 Å². The van der Waals surface area contributed by atoms with Gasteiger partial charge in [0, 0.05) is 24.5 Å². The van der Waals surface area contributed by atoms with Crippen LogP contribution in [0.1, 0.15) is 28.9 Å². The van der Waals surface area contributed by atoms with E-state index in [2.05, 4.69) is 4.98 Å². The van der Waals surface area contributed by atoms with Crippen molar-refractivity contribution in [3.8, 4) is 0 Å². The number of hydrogen-bond acceptors (Lipinski definition) is 3. The third-order valence-corrected chi connectivity index (χ3v) is 3.59. The predicted molar refractivity (Wildman–Crippen MR) is 79.5 cm³/mol. The molecule has 0 saturated heterocycles. The zero-order valence-corrected chi connectivity index (χ0v) is 12.0. The molecule has 2 aromatic rings. The van der Waals surface area contributed by atoms with Gasteiger partial charge in [-0.3, -0.25) is 4.98 Å². The van der Waals surface area contributed by atoms with E-state index in [1.165, 1.54) is 6.20 Å². The van der Waals surface area contributed by atoms with Crippen molar-refractivity contribution in [3.63, 3.8) is 0 Å². The van der Waals surface area contributed by atoms with Gasteiger partial charge in [0.25, 0.3) is 0 Å². The number of carboxylic acid groups (broad SMARTS) is 1. The number of rotatable bonds is 4. The van der Waals surface area contributed by atoms with Crippen LogP contribution in [0.15, 0.2) is 42.7 Å². The summed E-state index contributed by atoms with van der Waals surface area (Å²) in [6.45, 7) is 2.01. The van der Waals surface area contributed by atoms with Crippen molar-refractivity contribution in [2.45, 2.75) is 13.0 Å². The van der Waals surface area contributed by atoms with Gasteiger partial charge in [-0.05, 0) is 30.7 Å². The van der Waals surface area contributed by atoms with Crippen LogP contribution in [-0.4, -0.2) is 23.1 Å². The number of hydrogen-bond donors (Lipinski definition) is 1. The molecule has 0 aliphatic rings. The molecule has 1 N–H and O–H groups in total. The summed E-state index contributed by atoms with van der Waals surface area (Å²) in [4.78, 5) is 17.0. The second-order valence-electron chi connectivity index (χ2n) is 4.54. The predicted octanol–water partition coefficient (Wildman–Crippen LogP) is 3.63. The van der Waals surface area contributed by atoms with E-state index in [0.29, 0.717) is 10.7 Å². The fraction of sp³-hybridized carbons (Fsp3) is 0.200. The highest BCUT2D eigenvalue weighted by molar-refractivity contribution is 6.30. The summed E-state index contributed by atoms with van der Waals surface area (Å²) in [7, 11) is 1.86. The lowest BCUT2D eigenvalue weighted by molar-refractivity contribution is 0.0697. The van der Waals surface area contributed by atoms with E-state index in [0.717, 1.165) is 5.56 Å². The molecule has 1 unspecified atom stereocenters. The summed E-state index contributed by atoms with van der Waals surface area (Å²) in [5, 5.41) is 9.90. The number of nitrogens with zero attached hydrogens (tertiary/aromatic N) is 2. The number of aromatic carboxylic acids is 1. The van der Waals surface area contributed by atoms with Crippen LogP contribution in [0.2, 0.25) is 5.02 Å². The number of pyridine rings is 1. The normalized spacial score (nSPS) is 11.9. The number of benzene rings is 1. The Morgan fingerprint density at radius 1 is 1.30 bits per heavy atom. The minimum Gasteiger partial charge on any atom is -0.478 e. The molecule has 1 atom stereocenters. The van der Waals surface area contributed by atoms with E-state index in [-0.39, 0.29) is 11.6 Å². The zero-order chi connectivity index (χ0) is 14.7. The Morgan fingerprint density at radius 3 is 2.55 bits per heavy atom. The highest BCUT2D eigenvalue weighted by Gasteiger charge is 2.18. The Labute approximate surface area is 122 Å². The largest absolute Gasteiger partial charge is 0.478 e. The lowest BCUT2D eigenvalue weighted by atomic mass is 10.1. The first-order valence-corrected chi connectivity index (χ1v) is 6.54. The van der Waals surface area contributed by atoms with Crippen LogP contribution in [-0.2, 0) is 0 Å². The smallest absolute Gasteiger partial charge is 0.339 e. The van der Waals surface area contributed by atoms with Gasteiger partial charge in [0.1, 0.15) is 5.56 Å². The molecule has 0 radical (unpaired) electrons. The Hall–Kier alpha value is -2.07. The van der Waals surface area contributed by atoms with Crippen LogP contribution in [0.5, 0.6) is 0 Å². The van der Waals surface area contributed by atoms with Gasteiger partial charge < -0.3 is 10.0 Å². The van der Waals surface area contributed by atoms with Gasteiger partial charge in [-0.1, -0.05) is 23.7 Å².